The molecule has 2 aliphatic heterocycles. The highest BCUT2D eigenvalue weighted by molar-refractivity contribution is 5.86. The number of hydrogen-bond donors (Lipinski definition) is 1. The minimum absolute atomic E-state index is 0.726. The van der Waals surface area contributed by atoms with Crippen molar-refractivity contribution in [2.75, 3.05) is 62.4 Å². The molecule has 29 heavy (non-hydrogen) atoms. The van der Waals surface area contributed by atoms with Gasteiger partial charge >= 0.3 is 5.97 Å². The van der Waals surface area contributed by atoms with Crippen LogP contribution in [-0.2, 0) is 19.7 Å². The Labute approximate surface area is 171 Å². The van der Waals surface area contributed by atoms with Crippen LogP contribution >= 0.6 is 0 Å². The summed E-state index contributed by atoms with van der Waals surface area (Å²) in [5.74, 6) is -0.851. The minimum Gasteiger partial charge on any atom is -0.480 e. The van der Waals surface area contributed by atoms with Crippen molar-refractivity contribution in [2.45, 2.75) is 12.3 Å². The first kappa shape index (κ1) is 19.7. The standard InChI is InChI=1S/C23H28N2O4/c1-23(22(26)27,18-2-6-20(7-3-18)24-10-14-28-15-11-24)19-4-8-21(9-5-19)25-12-16-29-17-13-25/h2-9H,10-17H2,1H3,(H,26,27). The molecule has 6 nitrogen and oxygen atoms in total. The molecule has 0 unspecified atom stereocenters. The van der Waals surface area contributed by atoms with E-state index in [0.29, 0.717) is 0 Å². The Morgan fingerprint density at radius 2 is 1.10 bits per heavy atom. The lowest BCUT2D eigenvalue weighted by Gasteiger charge is -2.31. The number of carbonyl (C=O) groups is 1. The van der Waals surface area contributed by atoms with Crippen molar-refractivity contribution in [3.63, 3.8) is 0 Å². The lowest BCUT2D eigenvalue weighted by atomic mass is 9.76. The van der Waals surface area contributed by atoms with Crippen LogP contribution in [0.3, 0.4) is 0 Å². The molecular weight excluding hydrogens is 368 g/mol. The van der Waals surface area contributed by atoms with Crippen LogP contribution in [-0.4, -0.2) is 63.7 Å². The van der Waals surface area contributed by atoms with Gasteiger partial charge in [0.25, 0.3) is 0 Å². The van der Waals surface area contributed by atoms with E-state index in [2.05, 4.69) is 9.80 Å². The predicted molar refractivity (Wildman–Crippen MR) is 113 cm³/mol. The quantitative estimate of drug-likeness (QED) is 0.839. The summed E-state index contributed by atoms with van der Waals surface area (Å²) in [6.45, 7) is 8.12. The predicted octanol–water partition coefficient (Wildman–Crippen LogP) is 2.75. The van der Waals surface area contributed by atoms with Gasteiger partial charge in [-0.05, 0) is 42.3 Å². The van der Waals surface area contributed by atoms with Crippen molar-refractivity contribution in [3.05, 3.63) is 59.7 Å². The molecule has 0 atom stereocenters. The van der Waals surface area contributed by atoms with E-state index >= 15 is 0 Å². The zero-order chi connectivity index (χ0) is 20.3. The highest BCUT2D eigenvalue weighted by Crippen LogP contribution is 2.34. The van der Waals surface area contributed by atoms with Crippen LogP contribution in [0.4, 0.5) is 11.4 Å². The summed E-state index contributed by atoms with van der Waals surface area (Å²) in [4.78, 5) is 16.9. The van der Waals surface area contributed by atoms with Gasteiger partial charge in [0.15, 0.2) is 0 Å². The average molecular weight is 396 g/mol. The van der Waals surface area contributed by atoms with Crippen molar-refractivity contribution in [3.8, 4) is 0 Å². The molecule has 0 saturated carbocycles. The molecule has 2 fully saturated rings. The monoisotopic (exact) mass is 396 g/mol. The lowest BCUT2D eigenvalue weighted by Crippen LogP contribution is -2.37. The third kappa shape index (κ3) is 3.95. The summed E-state index contributed by atoms with van der Waals surface area (Å²) in [5.41, 5.74) is 2.66. The van der Waals surface area contributed by atoms with E-state index in [1.165, 1.54) is 0 Å². The molecule has 2 aromatic carbocycles. The van der Waals surface area contributed by atoms with Crippen molar-refractivity contribution >= 4 is 17.3 Å². The number of rotatable bonds is 5. The summed E-state index contributed by atoms with van der Waals surface area (Å²) < 4.78 is 10.8. The Morgan fingerprint density at radius 3 is 1.41 bits per heavy atom. The van der Waals surface area contributed by atoms with Crippen molar-refractivity contribution in [1.82, 2.24) is 0 Å². The van der Waals surface area contributed by atoms with Gasteiger partial charge in [0.2, 0.25) is 0 Å². The maximum atomic E-state index is 12.3. The Kier molecular flexibility index (Phi) is 5.74. The highest BCUT2D eigenvalue weighted by Gasteiger charge is 2.37. The lowest BCUT2D eigenvalue weighted by molar-refractivity contribution is -0.141. The van der Waals surface area contributed by atoms with Gasteiger partial charge in [-0.3, -0.25) is 4.79 Å². The summed E-state index contributed by atoms with van der Waals surface area (Å²) in [5, 5.41) is 10.1. The molecule has 0 bridgehead atoms. The fourth-order valence-corrected chi connectivity index (χ4v) is 4.07. The SMILES string of the molecule is CC(C(=O)O)(c1ccc(N2CCOCC2)cc1)c1ccc(N2CCOCC2)cc1. The van der Waals surface area contributed by atoms with Crippen molar-refractivity contribution in [2.24, 2.45) is 0 Å². The van der Waals surface area contributed by atoms with Crippen LogP contribution in [0.25, 0.3) is 0 Å². The molecule has 154 valence electrons. The number of ether oxygens (including phenoxy) is 2. The minimum atomic E-state index is -1.10. The molecule has 0 aliphatic carbocycles. The van der Waals surface area contributed by atoms with Crippen LogP contribution in [0.5, 0.6) is 0 Å². The molecule has 0 radical (unpaired) electrons. The number of hydrogen-bond acceptors (Lipinski definition) is 5. The van der Waals surface area contributed by atoms with Gasteiger partial charge in [0.05, 0.1) is 26.4 Å². The van der Waals surface area contributed by atoms with Gasteiger partial charge in [-0.25, -0.2) is 0 Å². The van der Waals surface area contributed by atoms with Crippen LogP contribution in [0, 0.1) is 0 Å². The summed E-state index contributed by atoms with van der Waals surface area (Å²) in [6.07, 6.45) is 0. The van der Waals surface area contributed by atoms with E-state index in [-0.39, 0.29) is 0 Å². The fraction of sp³-hybridized carbons (Fsp3) is 0.435. The van der Waals surface area contributed by atoms with Gasteiger partial charge in [0, 0.05) is 37.6 Å². The number of aliphatic carboxylic acids is 1. The number of anilines is 2. The highest BCUT2D eigenvalue weighted by atomic mass is 16.5. The summed E-state index contributed by atoms with van der Waals surface area (Å²) in [6, 6.07) is 15.8. The van der Waals surface area contributed by atoms with Crippen LogP contribution in [0.2, 0.25) is 0 Å². The Hall–Kier alpha value is -2.57. The van der Waals surface area contributed by atoms with E-state index in [1.807, 2.05) is 48.5 Å². The molecule has 2 saturated heterocycles. The molecule has 0 spiro atoms. The average Bonchev–Trinajstić information content (AvgIpc) is 2.80. The largest absolute Gasteiger partial charge is 0.480 e. The molecule has 2 aliphatic rings. The molecular formula is C23H28N2O4. The molecule has 6 heteroatoms. The molecule has 1 N–H and O–H groups in total. The van der Waals surface area contributed by atoms with Gasteiger partial charge in [-0.2, -0.15) is 0 Å². The normalized spacial score (nSPS) is 18.0. The molecule has 2 heterocycles. The van der Waals surface area contributed by atoms with E-state index in [1.54, 1.807) is 6.92 Å². The van der Waals surface area contributed by atoms with Crippen LogP contribution in [0.15, 0.2) is 48.5 Å². The van der Waals surface area contributed by atoms with E-state index in [9.17, 15) is 9.90 Å². The third-order valence-corrected chi connectivity index (χ3v) is 6.07. The van der Waals surface area contributed by atoms with Crippen LogP contribution in [0.1, 0.15) is 18.1 Å². The number of nitrogens with zero attached hydrogens (tertiary/aromatic N) is 2. The number of carboxylic acid groups (broad SMARTS) is 1. The number of benzene rings is 2. The zero-order valence-electron chi connectivity index (χ0n) is 16.8. The van der Waals surface area contributed by atoms with Crippen molar-refractivity contribution < 1.29 is 19.4 Å². The molecule has 0 amide bonds. The van der Waals surface area contributed by atoms with Gasteiger partial charge < -0.3 is 24.4 Å². The first-order valence-corrected chi connectivity index (χ1v) is 10.2. The Bertz CT molecular complexity index is 761. The smallest absolute Gasteiger partial charge is 0.318 e. The van der Waals surface area contributed by atoms with E-state index in [4.69, 9.17) is 9.47 Å². The molecule has 0 aromatic heterocycles. The Morgan fingerprint density at radius 1 is 0.759 bits per heavy atom. The van der Waals surface area contributed by atoms with Crippen LogP contribution < -0.4 is 9.80 Å². The maximum absolute atomic E-state index is 12.3. The first-order valence-electron chi connectivity index (χ1n) is 10.2. The molecule has 4 rings (SSSR count). The number of carboxylic acids is 1. The molecule has 2 aromatic rings. The number of morpholine rings is 2. The van der Waals surface area contributed by atoms with Gasteiger partial charge in [-0.1, -0.05) is 24.3 Å². The zero-order valence-corrected chi connectivity index (χ0v) is 16.8. The van der Waals surface area contributed by atoms with Gasteiger partial charge in [0.1, 0.15) is 5.41 Å². The second-order valence-corrected chi connectivity index (χ2v) is 7.72. The Balaban J connectivity index is 1.59. The summed E-state index contributed by atoms with van der Waals surface area (Å²) >= 11 is 0. The second kappa shape index (κ2) is 8.43. The van der Waals surface area contributed by atoms with E-state index in [0.717, 1.165) is 75.1 Å². The first-order chi connectivity index (χ1) is 14.1. The second-order valence-electron chi connectivity index (χ2n) is 7.72. The summed E-state index contributed by atoms with van der Waals surface area (Å²) in [7, 11) is 0. The fourth-order valence-electron chi connectivity index (χ4n) is 4.07. The topological polar surface area (TPSA) is 62.2 Å². The maximum Gasteiger partial charge on any atom is 0.318 e. The van der Waals surface area contributed by atoms with Gasteiger partial charge in [-0.15, -0.1) is 0 Å². The third-order valence-electron chi connectivity index (χ3n) is 6.07. The van der Waals surface area contributed by atoms with Crippen molar-refractivity contribution in [1.29, 1.82) is 0 Å². The van der Waals surface area contributed by atoms with E-state index < -0.39 is 11.4 Å².